The molecule has 4 nitrogen and oxygen atoms in total. The molecule has 0 aromatic heterocycles. The number of hydrogen-bond acceptors (Lipinski definition) is 4. The van der Waals surface area contributed by atoms with Crippen molar-refractivity contribution in [1.29, 1.82) is 10.5 Å². The van der Waals surface area contributed by atoms with E-state index in [1.54, 1.807) is 18.2 Å². The molecular formula is C10H7N3O. The zero-order valence-corrected chi connectivity index (χ0v) is 7.32. The molecule has 0 fully saturated rings. The van der Waals surface area contributed by atoms with Crippen LogP contribution in [0, 0.1) is 22.7 Å². The maximum atomic E-state index is 8.69. The first-order valence-corrected chi connectivity index (χ1v) is 4.16. The molecular weight excluding hydrogens is 178 g/mol. The van der Waals surface area contributed by atoms with Gasteiger partial charge in [-0.3, -0.25) is 0 Å². The summed E-state index contributed by atoms with van der Waals surface area (Å²) >= 11 is 0. The Morgan fingerprint density at radius 3 is 3.00 bits per heavy atom. The second-order valence-electron chi connectivity index (χ2n) is 2.96. The Morgan fingerprint density at radius 2 is 2.29 bits per heavy atom. The van der Waals surface area contributed by atoms with Crippen molar-refractivity contribution in [2.24, 2.45) is 0 Å². The van der Waals surface area contributed by atoms with Gasteiger partial charge in [-0.05, 0) is 18.2 Å². The summed E-state index contributed by atoms with van der Waals surface area (Å²) in [7, 11) is 0. The molecule has 0 amide bonds. The minimum atomic E-state index is -0.337. The number of hydrogen-bond donors (Lipinski definition) is 1. The van der Waals surface area contributed by atoms with Crippen molar-refractivity contribution in [3.05, 3.63) is 23.8 Å². The van der Waals surface area contributed by atoms with Gasteiger partial charge in [-0.2, -0.15) is 10.5 Å². The van der Waals surface area contributed by atoms with E-state index >= 15 is 0 Å². The van der Waals surface area contributed by atoms with E-state index < -0.39 is 0 Å². The van der Waals surface area contributed by atoms with Crippen molar-refractivity contribution in [1.82, 2.24) is 0 Å². The molecule has 1 N–H and O–H groups in total. The predicted molar refractivity (Wildman–Crippen MR) is 49.7 cm³/mol. The van der Waals surface area contributed by atoms with E-state index in [1.165, 1.54) is 0 Å². The molecule has 0 saturated heterocycles. The van der Waals surface area contributed by atoms with Gasteiger partial charge in [0.2, 0.25) is 0 Å². The van der Waals surface area contributed by atoms with Crippen LogP contribution in [0.4, 0.5) is 5.69 Å². The van der Waals surface area contributed by atoms with Crippen molar-refractivity contribution < 1.29 is 4.74 Å². The minimum absolute atomic E-state index is 0.337. The van der Waals surface area contributed by atoms with Gasteiger partial charge in [0.05, 0.1) is 23.4 Å². The Balaban J connectivity index is 2.36. The standard InChI is InChI=1S/C10H7N3O/c11-4-7-1-2-10-9(3-7)13-8(5-12)6-14-10/h1-3,8,13H,6H2. The van der Waals surface area contributed by atoms with Crippen LogP contribution in [0.25, 0.3) is 0 Å². The molecule has 0 bridgehead atoms. The van der Waals surface area contributed by atoms with E-state index in [1.807, 2.05) is 6.07 Å². The van der Waals surface area contributed by atoms with E-state index in [9.17, 15) is 0 Å². The molecule has 1 unspecified atom stereocenters. The van der Waals surface area contributed by atoms with Gasteiger partial charge < -0.3 is 10.1 Å². The molecule has 1 atom stereocenters. The summed E-state index contributed by atoms with van der Waals surface area (Å²) in [6.07, 6.45) is 0. The first-order valence-electron chi connectivity index (χ1n) is 4.16. The van der Waals surface area contributed by atoms with E-state index in [-0.39, 0.29) is 6.04 Å². The fourth-order valence-electron chi connectivity index (χ4n) is 1.31. The van der Waals surface area contributed by atoms with Gasteiger partial charge >= 0.3 is 0 Å². The second kappa shape index (κ2) is 3.27. The summed E-state index contributed by atoms with van der Waals surface area (Å²) in [5.74, 6) is 0.690. The molecule has 0 spiro atoms. The highest BCUT2D eigenvalue weighted by Crippen LogP contribution is 2.29. The van der Waals surface area contributed by atoms with Crippen LogP contribution in [0.2, 0.25) is 0 Å². The number of fused-ring (bicyclic) bond motifs is 1. The van der Waals surface area contributed by atoms with E-state index in [2.05, 4.69) is 11.4 Å². The molecule has 1 aliphatic heterocycles. The first kappa shape index (κ1) is 8.40. The smallest absolute Gasteiger partial charge is 0.149 e. The van der Waals surface area contributed by atoms with E-state index in [4.69, 9.17) is 15.3 Å². The zero-order chi connectivity index (χ0) is 9.97. The third kappa shape index (κ3) is 1.34. The third-order valence-corrected chi connectivity index (χ3v) is 2.00. The molecule has 0 saturated carbocycles. The summed E-state index contributed by atoms with van der Waals surface area (Å²) in [5, 5.41) is 20.3. The highest BCUT2D eigenvalue weighted by Gasteiger charge is 2.17. The lowest BCUT2D eigenvalue weighted by molar-refractivity contribution is 0.304. The lowest BCUT2D eigenvalue weighted by Crippen LogP contribution is -2.29. The largest absolute Gasteiger partial charge is 0.488 e. The summed E-state index contributed by atoms with van der Waals surface area (Å²) in [6, 6.07) is 8.86. The molecule has 1 aromatic carbocycles. The summed E-state index contributed by atoms with van der Waals surface area (Å²) < 4.78 is 5.33. The van der Waals surface area contributed by atoms with Gasteiger partial charge in [-0.25, -0.2) is 0 Å². The van der Waals surface area contributed by atoms with Crippen molar-refractivity contribution in [3.63, 3.8) is 0 Å². The number of benzene rings is 1. The maximum absolute atomic E-state index is 8.69. The quantitative estimate of drug-likeness (QED) is 0.660. The van der Waals surface area contributed by atoms with Gasteiger partial charge in [-0.15, -0.1) is 0 Å². The van der Waals surface area contributed by atoms with Crippen LogP contribution < -0.4 is 10.1 Å². The van der Waals surface area contributed by atoms with Crippen LogP contribution in [0.5, 0.6) is 5.75 Å². The third-order valence-electron chi connectivity index (χ3n) is 2.00. The number of ether oxygens (including phenoxy) is 1. The summed E-state index contributed by atoms with van der Waals surface area (Å²) in [5.41, 5.74) is 1.26. The van der Waals surface area contributed by atoms with Crippen LogP contribution in [0.15, 0.2) is 18.2 Å². The predicted octanol–water partition coefficient (Wildman–Crippen LogP) is 1.25. The van der Waals surface area contributed by atoms with E-state index in [0.29, 0.717) is 23.6 Å². The number of nitriles is 2. The molecule has 1 aromatic rings. The van der Waals surface area contributed by atoms with Gasteiger partial charge in [0.1, 0.15) is 18.4 Å². The molecule has 14 heavy (non-hydrogen) atoms. The average molecular weight is 185 g/mol. The van der Waals surface area contributed by atoms with Crippen LogP contribution in [0.3, 0.4) is 0 Å². The molecule has 0 aliphatic carbocycles. The highest BCUT2D eigenvalue weighted by molar-refractivity contribution is 5.62. The SMILES string of the molecule is N#Cc1ccc2c(c1)NC(C#N)CO2. The Morgan fingerprint density at radius 1 is 1.43 bits per heavy atom. The normalized spacial score (nSPS) is 18.0. The topological polar surface area (TPSA) is 68.8 Å². The molecule has 4 heteroatoms. The van der Waals surface area contributed by atoms with Crippen molar-refractivity contribution >= 4 is 5.69 Å². The van der Waals surface area contributed by atoms with Crippen LogP contribution in [-0.2, 0) is 0 Å². The molecule has 0 radical (unpaired) electrons. The molecule has 68 valence electrons. The van der Waals surface area contributed by atoms with E-state index in [0.717, 1.165) is 0 Å². The van der Waals surface area contributed by atoms with Gasteiger partial charge in [0.25, 0.3) is 0 Å². The first-order chi connectivity index (χ1) is 6.83. The maximum Gasteiger partial charge on any atom is 0.149 e. The number of anilines is 1. The molecule has 2 rings (SSSR count). The second-order valence-corrected chi connectivity index (χ2v) is 2.96. The van der Waals surface area contributed by atoms with Crippen molar-refractivity contribution in [2.45, 2.75) is 6.04 Å². The fraction of sp³-hybridized carbons (Fsp3) is 0.200. The van der Waals surface area contributed by atoms with Crippen molar-refractivity contribution in [3.8, 4) is 17.9 Å². The van der Waals surface area contributed by atoms with Gasteiger partial charge in [0, 0.05) is 0 Å². The lowest BCUT2D eigenvalue weighted by Gasteiger charge is -2.22. The Labute approximate surface area is 81.3 Å². The Kier molecular flexibility index (Phi) is 1.96. The Hall–Kier alpha value is -2.20. The monoisotopic (exact) mass is 185 g/mol. The average Bonchev–Trinajstić information content (AvgIpc) is 2.27. The zero-order valence-electron chi connectivity index (χ0n) is 7.32. The number of nitrogens with one attached hydrogen (secondary N) is 1. The van der Waals surface area contributed by atoms with Gasteiger partial charge in [-0.1, -0.05) is 0 Å². The van der Waals surface area contributed by atoms with Gasteiger partial charge in [0.15, 0.2) is 0 Å². The van der Waals surface area contributed by atoms with Crippen LogP contribution in [-0.4, -0.2) is 12.6 Å². The Bertz CT molecular complexity index is 442. The van der Waals surface area contributed by atoms with Crippen molar-refractivity contribution in [2.75, 3.05) is 11.9 Å². The lowest BCUT2D eigenvalue weighted by atomic mass is 10.1. The van der Waals surface area contributed by atoms with Crippen LogP contribution >= 0.6 is 0 Å². The summed E-state index contributed by atoms with van der Waals surface area (Å²) in [4.78, 5) is 0. The minimum Gasteiger partial charge on any atom is -0.488 e. The fourth-order valence-corrected chi connectivity index (χ4v) is 1.31. The van der Waals surface area contributed by atoms with Crippen LogP contribution in [0.1, 0.15) is 5.56 Å². The molecule has 1 heterocycles. The highest BCUT2D eigenvalue weighted by atomic mass is 16.5. The molecule has 1 aliphatic rings. The number of nitrogens with zero attached hydrogens (tertiary/aromatic N) is 2. The summed E-state index contributed by atoms with van der Waals surface area (Å²) in [6.45, 7) is 0.343. The number of rotatable bonds is 0.